The minimum atomic E-state index is -1.58. The predicted molar refractivity (Wildman–Crippen MR) is 68.4 cm³/mol. The molecule has 0 unspecified atom stereocenters. The number of carboxylic acids is 1. The average Bonchev–Trinajstić information content (AvgIpc) is 2.87. The van der Waals surface area contributed by atoms with Gasteiger partial charge in [-0.3, -0.25) is 0 Å². The summed E-state index contributed by atoms with van der Waals surface area (Å²) in [6, 6.07) is 5.96. The van der Waals surface area contributed by atoms with Crippen molar-refractivity contribution < 1.29 is 23.1 Å². The van der Waals surface area contributed by atoms with E-state index in [9.17, 15) is 18.0 Å². The zero-order valence-electron chi connectivity index (χ0n) is 10.3. The zero-order valence-corrected chi connectivity index (χ0v) is 10.3. The zero-order chi connectivity index (χ0) is 15.1. The Morgan fingerprint density at radius 3 is 2.57 bits per heavy atom. The number of aromatic amines is 1. The van der Waals surface area contributed by atoms with Crippen LogP contribution in [0.25, 0.3) is 22.4 Å². The second kappa shape index (κ2) is 4.62. The number of benzene rings is 2. The highest BCUT2D eigenvalue weighted by Gasteiger charge is 2.17. The van der Waals surface area contributed by atoms with E-state index in [4.69, 9.17) is 5.11 Å². The molecule has 2 N–H and O–H groups in total. The normalized spacial score (nSPS) is 11.0. The highest BCUT2D eigenvalue weighted by Crippen LogP contribution is 2.26. The topological polar surface area (TPSA) is 66.0 Å². The second-order valence-corrected chi connectivity index (χ2v) is 4.35. The van der Waals surface area contributed by atoms with E-state index in [1.807, 2.05) is 0 Å². The van der Waals surface area contributed by atoms with E-state index < -0.39 is 23.4 Å². The van der Waals surface area contributed by atoms with Crippen molar-refractivity contribution in [3.05, 3.63) is 53.3 Å². The smallest absolute Gasteiger partial charge is 0.335 e. The number of nitrogens with zero attached hydrogens (tertiary/aromatic N) is 1. The molecule has 3 rings (SSSR count). The van der Waals surface area contributed by atoms with Crippen molar-refractivity contribution in [3.63, 3.8) is 0 Å². The lowest BCUT2D eigenvalue weighted by Crippen LogP contribution is -1.95. The lowest BCUT2D eigenvalue weighted by Gasteiger charge is -2.00. The largest absolute Gasteiger partial charge is 0.478 e. The lowest BCUT2D eigenvalue weighted by atomic mass is 10.2. The van der Waals surface area contributed by atoms with Crippen molar-refractivity contribution in [2.45, 2.75) is 0 Å². The minimum absolute atomic E-state index is 0.0102. The van der Waals surface area contributed by atoms with Crippen molar-refractivity contribution in [3.8, 4) is 11.4 Å². The average molecular weight is 292 g/mol. The van der Waals surface area contributed by atoms with Gasteiger partial charge < -0.3 is 10.1 Å². The number of fused-ring (bicyclic) bond motifs is 1. The fourth-order valence-corrected chi connectivity index (χ4v) is 1.98. The number of aromatic carboxylic acids is 1. The molecule has 0 saturated heterocycles. The summed E-state index contributed by atoms with van der Waals surface area (Å²) in [5.74, 6) is -5.36. The molecular weight excluding hydrogens is 285 g/mol. The molecule has 4 nitrogen and oxygen atoms in total. The van der Waals surface area contributed by atoms with E-state index in [-0.39, 0.29) is 17.0 Å². The first-order valence-electron chi connectivity index (χ1n) is 5.84. The lowest BCUT2D eigenvalue weighted by molar-refractivity contribution is 0.0697. The molecule has 0 aliphatic carbocycles. The molecule has 0 saturated carbocycles. The number of halogens is 3. The summed E-state index contributed by atoms with van der Waals surface area (Å²) in [4.78, 5) is 17.6. The number of carboxylic acid groups (broad SMARTS) is 1. The third kappa shape index (κ3) is 2.12. The third-order valence-electron chi connectivity index (χ3n) is 3.02. The summed E-state index contributed by atoms with van der Waals surface area (Å²) in [5.41, 5.74) is 0.540. The molecule has 0 atom stereocenters. The highest BCUT2D eigenvalue weighted by molar-refractivity contribution is 5.93. The second-order valence-electron chi connectivity index (χ2n) is 4.35. The van der Waals surface area contributed by atoms with Crippen LogP contribution in [0.2, 0.25) is 0 Å². The molecule has 1 aromatic heterocycles. The van der Waals surface area contributed by atoms with Crippen LogP contribution in [0.1, 0.15) is 10.4 Å². The molecule has 0 fully saturated rings. The number of rotatable bonds is 2. The van der Waals surface area contributed by atoms with Gasteiger partial charge in [0.05, 0.1) is 22.2 Å². The summed E-state index contributed by atoms with van der Waals surface area (Å²) < 4.78 is 39.9. The summed E-state index contributed by atoms with van der Waals surface area (Å²) >= 11 is 0. The first-order chi connectivity index (χ1) is 9.97. The predicted octanol–water partition coefficient (Wildman–Crippen LogP) is 3.35. The van der Waals surface area contributed by atoms with Crippen molar-refractivity contribution in [1.82, 2.24) is 9.97 Å². The quantitative estimate of drug-likeness (QED) is 0.712. The summed E-state index contributed by atoms with van der Waals surface area (Å²) in [6.45, 7) is 0. The van der Waals surface area contributed by atoms with E-state index in [1.165, 1.54) is 18.2 Å². The van der Waals surface area contributed by atoms with Gasteiger partial charge in [0, 0.05) is 0 Å². The van der Waals surface area contributed by atoms with Gasteiger partial charge in [0.1, 0.15) is 5.82 Å². The number of aromatic nitrogens is 2. The van der Waals surface area contributed by atoms with Crippen LogP contribution >= 0.6 is 0 Å². The maximum atomic E-state index is 13.7. The number of H-pyrrole nitrogens is 1. The van der Waals surface area contributed by atoms with E-state index >= 15 is 0 Å². The van der Waals surface area contributed by atoms with Gasteiger partial charge in [0.2, 0.25) is 0 Å². The Kier molecular flexibility index (Phi) is 2.90. The van der Waals surface area contributed by atoms with Crippen LogP contribution in [0, 0.1) is 17.5 Å². The van der Waals surface area contributed by atoms with Crippen molar-refractivity contribution in [1.29, 1.82) is 0 Å². The molecule has 106 valence electrons. The van der Waals surface area contributed by atoms with E-state index in [0.717, 1.165) is 12.1 Å². The molecule has 0 radical (unpaired) electrons. The first-order valence-corrected chi connectivity index (χ1v) is 5.84. The summed E-state index contributed by atoms with van der Waals surface area (Å²) in [5, 5.41) is 8.89. The SMILES string of the molecule is O=C(O)c1ccc2nc(-c3ccc(F)c(F)c3F)[nH]c2c1. The number of hydrogen-bond donors (Lipinski definition) is 2. The van der Waals surface area contributed by atoms with Gasteiger partial charge in [-0.15, -0.1) is 0 Å². The Hall–Kier alpha value is -2.83. The van der Waals surface area contributed by atoms with Gasteiger partial charge in [0.15, 0.2) is 17.5 Å². The molecule has 0 bridgehead atoms. The number of imidazole rings is 1. The Balaban J connectivity index is 2.18. The molecule has 21 heavy (non-hydrogen) atoms. The molecule has 7 heteroatoms. The molecule has 0 amide bonds. The molecule has 0 spiro atoms. The van der Waals surface area contributed by atoms with Gasteiger partial charge in [-0.05, 0) is 30.3 Å². The van der Waals surface area contributed by atoms with Gasteiger partial charge in [0.25, 0.3) is 0 Å². The van der Waals surface area contributed by atoms with E-state index in [2.05, 4.69) is 9.97 Å². The molecule has 2 aromatic carbocycles. The van der Waals surface area contributed by atoms with Gasteiger partial charge in [-0.1, -0.05) is 0 Å². The van der Waals surface area contributed by atoms with Crippen LogP contribution < -0.4 is 0 Å². The Labute approximate surface area is 115 Å². The van der Waals surface area contributed by atoms with E-state index in [0.29, 0.717) is 11.0 Å². The van der Waals surface area contributed by atoms with Crippen LogP contribution in [-0.4, -0.2) is 21.0 Å². The van der Waals surface area contributed by atoms with Crippen LogP contribution in [0.5, 0.6) is 0 Å². The van der Waals surface area contributed by atoms with Crippen molar-refractivity contribution in [2.75, 3.05) is 0 Å². The molecule has 0 aliphatic heterocycles. The Morgan fingerprint density at radius 2 is 1.86 bits per heavy atom. The summed E-state index contributed by atoms with van der Waals surface area (Å²) in [7, 11) is 0. The Bertz CT molecular complexity index is 874. The van der Waals surface area contributed by atoms with Crippen LogP contribution in [-0.2, 0) is 0 Å². The van der Waals surface area contributed by atoms with Crippen molar-refractivity contribution in [2.24, 2.45) is 0 Å². The van der Waals surface area contributed by atoms with Crippen LogP contribution in [0.4, 0.5) is 13.2 Å². The van der Waals surface area contributed by atoms with Gasteiger partial charge >= 0.3 is 5.97 Å². The number of nitrogens with one attached hydrogen (secondary N) is 1. The van der Waals surface area contributed by atoms with Gasteiger partial charge in [-0.2, -0.15) is 0 Å². The fraction of sp³-hybridized carbons (Fsp3) is 0. The third-order valence-corrected chi connectivity index (χ3v) is 3.02. The number of hydrogen-bond acceptors (Lipinski definition) is 2. The molecule has 1 heterocycles. The van der Waals surface area contributed by atoms with Gasteiger partial charge in [-0.25, -0.2) is 22.9 Å². The van der Waals surface area contributed by atoms with Crippen molar-refractivity contribution >= 4 is 17.0 Å². The maximum Gasteiger partial charge on any atom is 0.335 e. The van der Waals surface area contributed by atoms with Crippen LogP contribution in [0.3, 0.4) is 0 Å². The molecular formula is C14H7F3N2O2. The highest BCUT2D eigenvalue weighted by atomic mass is 19.2. The Morgan fingerprint density at radius 1 is 1.10 bits per heavy atom. The standard InChI is InChI=1S/C14H7F3N2O2/c15-8-3-2-7(11(16)12(8)17)13-18-9-4-1-6(14(20)21)5-10(9)19-13/h1-5H,(H,18,19)(H,20,21). The van der Waals surface area contributed by atoms with Crippen LogP contribution in [0.15, 0.2) is 30.3 Å². The number of carbonyl (C=O) groups is 1. The molecule has 0 aliphatic rings. The first kappa shape index (κ1) is 13.2. The monoisotopic (exact) mass is 292 g/mol. The van der Waals surface area contributed by atoms with E-state index in [1.54, 1.807) is 0 Å². The minimum Gasteiger partial charge on any atom is -0.478 e. The fourth-order valence-electron chi connectivity index (χ4n) is 1.98. The maximum absolute atomic E-state index is 13.7. The molecule has 3 aromatic rings. The summed E-state index contributed by atoms with van der Waals surface area (Å²) in [6.07, 6.45) is 0.